The summed E-state index contributed by atoms with van der Waals surface area (Å²) in [5.74, 6) is 0.360. The highest BCUT2D eigenvalue weighted by Crippen LogP contribution is 2.15. The Morgan fingerprint density at radius 2 is 2.46 bits per heavy atom. The average Bonchev–Trinajstić information content (AvgIpc) is 2.30. The summed E-state index contributed by atoms with van der Waals surface area (Å²) < 4.78 is 1.69. The zero-order valence-electron chi connectivity index (χ0n) is 7.57. The van der Waals surface area contributed by atoms with E-state index in [9.17, 15) is 0 Å². The molecule has 3 N–H and O–H groups in total. The number of rotatable bonds is 4. The Hall–Kier alpha value is -0.740. The van der Waals surface area contributed by atoms with E-state index in [1.807, 2.05) is 0 Å². The van der Waals surface area contributed by atoms with Gasteiger partial charge in [-0.25, -0.2) is 0 Å². The predicted molar refractivity (Wildman–Crippen MR) is 52.6 cm³/mol. The van der Waals surface area contributed by atoms with Crippen LogP contribution in [-0.2, 0) is 6.54 Å². The number of hydrogen-bond donors (Lipinski definition) is 2. The van der Waals surface area contributed by atoms with Crippen LogP contribution >= 0.6 is 11.6 Å². The molecule has 0 radical (unpaired) electrons. The minimum absolute atomic E-state index is 0.261. The molecule has 1 rings (SSSR count). The summed E-state index contributed by atoms with van der Waals surface area (Å²) in [7, 11) is 0. The normalized spacial score (nSPS) is 13.2. The minimum atomic E-state index is -0.261. The highest BCUT2D eigenvalue weighted by Gasteiger charge is 2.02. The van der Waals surface area contributed by atoms with Gasteiger partial charge in [0.1, 0.15) is 5.02 Å². The van der Waals surface area contributed by atoms with Gasteiger partial charge in [-0.3, -0.25) is 4.68 Å². The van der Waals surface area contributed by atoms with Crippen LogP contribution in [0.2, 0.25) is 5.02 Å². The summed E-state index contributed by atoms with van der Waals surface area (Å²) in [4.78, 5) is 0. The monoisotopic (exact) mass is 203 g/mol. The number of halogens is 1. The second-order valence-corrected chi connectivity index (χ2v) is 3.52. The van der Waals surface area contributed by atoms with Crippen molar-refractivity contribution < 1.29 is 5.11 Å². The second kappa shape index (κ2) is 4.48. The molecule has 74 valence electrons. The lowest BCUT2D eigenvalue weighted by atomic mass is 10.2. The van der Waals surface area contributed by atoms with Gasteiger partial charge in [-0.05, 0) is 19.8 Å². The molecule has 0 bridgehead atoms. The molecule has 1 unspecified atom stereocenters. The topological polar surface area (TPSA) is 64.1 Å². The number of aromatic nitrogens is 2. The predicted octanol–water partition coefficient (Wildman–Crippen LogP) is 1.28. The minimum Gasteiger partial charge on any atom is -0.393 e. The summed E-state index contributed by atoms with van der Waals surface area (Å²) >= 11 is 5.71. The highest BCUT2D eigenvalue weighted by molar-refractivity contribution is 6.32. The van der Waals surface area contributed by atoms with E-state index >= 15 is 0 Å². The fourth-order valence-corrected chi connectivity index (χ4v) is 1.23. The van der Waals surface area contributed by atoms with E-state index in [2.05, 4.69) is 5.10 Å². The first-order chi connectivity index (χ1) is 6.09. The maximum absolute atomic E-state index is 9.01. The number of aliphatic hydroxyl groups is 1. The summed E-state index contributed by atoms with van der Waals surface area (Å²) in [6.07, 6.45) is 3.06. The van der Waals surface area contributed by atoms with Crippen LogP contribution in [0.4, 0.5) is 5.82 Å². The van der Waals surface area contributed by atoms with Crippen LogP contribution in [0.5, 0.6) is 0 Å². The van der Waals surface area contributed by atoms with Gasteiger partial charge in [-0.2, -0.15) is 5.10 Å². The van der Waals surface area contributed by atoms with Gasteiger partial charge in [0.2, 0.25) is 0 Å². The maximum atomic E-state index is 9.01. The molecule has 0 aliphatic heterocycles. The number of aryl methyl sites for hydroxylation is 1. The first-order valence-corrected chi connectivity index (χ1v) is 4.64. The second-order valence-electron chi connectivity index (χ2n) is 3.12. The number of anilines is 1. The lowest BCUT2D eigenvalue weighted by Gasteiger charge is -2.03. The molecular formula is C8H14ClN3O. The molecule has 0 saturated carbocycles. The van der Waals surface area contributed by atoms with Crippen molar-refractivity contribution in [3.8, 4) is 0 Å². The summed E-state index contributed by atoms with van der Waals surface area (Å²) in [6.45, 7) is 2.51. The number of nitrogens with zero attached hydrogens (tertiary/aromatic N) is 2. The summed E-state index contributed by atoms with van der Waals surface area (Å²) in [6, 6.07) is 0. The molecule has 0 aliphatic carbocycles. The van der Waals surface area contributed by atoms with Gasteiger partial charge < -0.3 is 10.8 Å². The molecule has 0 aromatic carbocycles. The van der Waals surface area contributed by atoms with Crippen LogP contribution in [0.15, 0.2) is 6.20 Å². The standard InChI is InChI=1S/C8H14ClN3O/c1-6(13)3-2-4-12-5-7(9)8(10)11-12/h5-6,13H,2-4H2,1H3,(H2,10,11). The Morgan fingerprint density at radius 3 is 2.92 bits per heavy atom. The van der Waals surface area contributed by atoms with E-state index in [1.165, 1.54) is 0 Å². The molecule has 13 heavy (non-hydrogen) atoms. The van der Waals surface area contributed by atoms with Gasteiger partial charge in [-0.1, -0.05) is 11.6 Å². The summed E-state index contributed by atoms with van der Waals surface area (Å²) in [5, 5.41) is 13.5. The van der Waals surface area contributed by atoms with Crippen LogP contribution in [-0.4, -0.2) is 21.0 Å². The number of hydrogen-bond acceptors (Lipinski definition) is 3. The molecule has 0 amide bonds. The van der Waals surface area contributed by atoms with Gasteiger partial charge in [-0.15, -0.1) is 0 Å². The van der Waals surface area contributed by atoms with E-state index in [0.29, 0.717) is 10.8 Å². The molecule has 5 heteroatoms. The maximum Gasteiger partial charge on any atom is 0.164 e. The van der Waals surface area contributed by atoms with Gasteiger partial charge in [0.25, 0.3) is 0 Å². The van der Waals surface area contributed by atoms with Crippen molar-refractivity contribution in [2.45, 2.75) is 32.4 Å². The van der Waals surface area contributed by atoms with Crippen molar-refractivity contribution >= 4 is 17.4 Å². The van der Waals surface area contributed by atoms with E-state index in [-0.39, 0.29) is 6.10 Å². The average molecular weight is 204 g/mol. The Morgan fingerprint density at radius 1 is 1.77 bits per heavy atom. The largest absolute Gasteiger partial charge is 0.393 e. The molecule has 1 atom stereocenters. The first-order valence-electron chi connectivity index (χ1n) is 4.26. The van der Waals surface area contributed by atoms with Crippen LogP contribution in [0, 0.1) is 0 Å². The zero-order chi connectivity index (χ0) is 9.84. The smallest absolute Gasteiger partial charge is 0.164 e. The Labute approximate surface area is 82.3 Å². The Bertz CT molecular complexity index is 253. The molecule has 0 aliphatic rings. The first kappa shape index (κ1) is 10.3. The third-order valence-electron chi connectivity index (χ3n) is 1.75. The SMILES string of the molecule is CC(O)CCCn1cc(Cl)c(N)n1. The highest BCUT2D eigenvalue weighted by atomic mass is 35.5. The van der Waals surface area contributed by atoms with Crippen molar-refractivity contribution in [1.82, 2.24) is 9.78 Å². The quantitative estimate of drug-likeness (QED) is 0.775. The van der Waals surface area contributed by atoms with Gasteiger partial charge in [0, 0.05) is 12.7 Å². The van der Waals surface area contributed by atoms with Crippen LogP contribution < -0.4 is 5.73 Å². The van der Waals surface area contributed by atoms with E-state index in [4.69, 9.17) is 22.4 Å². The third-order valence-corrected chi connectivity index (χ3v) is 2.04. The molecule has 1 aromatic rings. The van der Waals surface area contributed by atoms with E-state index in [0.717, 1.165) is 19.4 Å². The third kappa shape index (κ3) is 3.24. The molecular weight excluding hydrogens is 190 g/mol. The van der Waals surface area contributed by atoms with Crippen molar-refractivity contribution in [1.29, 1.82) is 0 Å². The molecule has 0 fully saturated rings. The van der Waals surface area contributed by atoms with Crippen molar-refractivity contribution in [3.63, 3.8) is 0 Å². The van der Waals surface area contributed by atoms with Crippen LogP contribution in [0.3, 0.4) is 0 Å². The van der Waals surface area contributed by atoms with Crippen LogP contribution in [0.1, 0.15) is 19.8 Å². The lowest BCUT2D eigenvalue weighted by molar-refractivity contribution is 0.179. The van der Waals surface area contributed by atoms with E-state index in [1.54, 1.807) is 17.8 Å². The Balaban J connectivity index is 2.37. The molecule has 1 aromatic heterocycles. The molecule has 1 heterocycles. The number of aliphatic hydroxyl groups excluding tert-OH is 1. The van der Waals surface area contributed by atoms with Crippen LogP contribution in [0.25, 0.3) is 0 Å². The molecule has 0 spiro atoms. The number of nitrogen functional groups attached to an aromatic ring is 1. The van der Waals surface area contributed by atoms with Gasteiger partial charge in [0.15, 0.2) is 5.82 Å². The lowest BCUT2D eigenvalue weighted by Crippen LogP contribution is -2.04. The van der Waals surface area contributed by atoms with Crippen molar-refractivity contribution in [2.75, 3.05) is 5.73 Å². The fourth-order valence-electron chi connectivity index (χ4n) is 1.08. The Kier molecular flexibility index (Phi) is 3.57. The van der Waals surface area contributed by atoms with Crippen molar-refractivity contribution in [2.24, 2.45) is 0 Å². The van der Waals surface area contributed by atoms with Crippen molar-refractivity contribution in [3.05, 3.63) is 11.2 Å². The summed E-state index contributed by atoms with van der Waals surface area (Å²) in [5.41, 5.74) is 5.46. The number of nitrogens with two attached hydrogens (primary N) is 1. The zero-order valence-corrected chi connectivity index (χ0v) is 8.33. The van der Waals surface area contributed by atoms with Gasteiger partial charge in [0.05, 0.1) is 6.10 Å². The molecule has 0 saturated heterocycles. The molecule has 4 nitrogen and oxygen atoms in total. The van der Waals surface area contributed by atoms with E-state index < -0.39 is 0 Å². The fraction of sp³-hybridized carbons (Fsp3) is 0.625. The van der Waals surface area contributed by atoms with Gasteiger partial charge >= 0.3 is 0 Å².